The van der Waals surface area contributed by atoms with Crippen molar-refractivity contribution in [3.8, 4) is 0 Å². The Hall–Kier alpha value is -0.840. The highest BCUT2D eigenvalue weighted by Gasteiger charge is 2.30. The number of amides is 2. The molecule has 0 aromatic heterocycles. The molecule has 10 heavy (non-hydrogen) atoms. The van der Waals surface area contributed by atoms with Gasteiger partial charge in [0.05, 0.1) is 0 Å². The molecule has 0 aromatic rings. The third kappa shape index (κ3) is 1.36. The second kappa shape index (κ2) is 2.83. The van der Waals surface area contributed by atoms with Gasteiger partial charge in [0.15, 0.2) is 6.29 Å². The van der Waals surface area contributed by atoms with E-state index in [4.69, 9.17) is 0 Å². The predicted molar refractivity (Wildman–Crippen MR) is 35.2 cm³/mol. The van der Waals surface area contributed by atoms with Crippen molar-refractivity contribution in [1.82, 2.24) is 5.32 Å². The topological polar surface area (TPSA) is 63.2 Å². The first kappa shape index (κ1) is 7.27. The maximum atomic E-state index is 10.6. The largest absolute Gasteiger partial charge is 0.291 e. The third-order valence-corrected chi connectivity index (χ3v) is 2.02. The molecule has 53 valence electrons. The molecule has 0 spiro atoms. The van der Waals surface area contributed by atoms with Crippen LogP contribution in [0.3, 0.4) is 0 Å². The quantitative estimate of drug-likeness (QED) is 0.606. The Morgan fingerprint density at radius 1 is 1.60 bits per heavy atom. The Morgan fingerprint density at radius 2 is 2.30 bits per heavy atom. The van der Waals surface area contributed by atoms with Crippen LogP contribution in [0.15, 0.2) is 0 Å². The third-order valence-electron chi connectivity index (χ3n) is 1.04. The Labute approximate surface area is 61.4 Å². The fraction of sp³-hybridized carbons (Fsp3) is 0.400. The van der Waals surface area contributed by atoms with E-state index in [2.05, 4.69) is 5.32 Å². The smallest absolute Gasteiger partial charge is 0.286 e. The van der Waals surface area contributed by atoms with Gasteiger partial charge < -0.3 is 0 Å². The minimum absolute atomic E-state index is 0.0117. The van der Waals surface area contributed by atoms with Crippen LogP contribution in [0.4, 0.5) is 4.79 Å². The van der Waals surface area contributed by atoms with Crippen molar-refractivity contribution in [2.24, 2.45) is 0 Å². The summed E-state index contributed by atoms with van der Waals surface area (Å²) in [6.45, 7) is 0. The summed E-state index contributed by atoms with van der Waals surface area (Å²) >= 11 is 0.836. The first-order valence-corrected chi connectivity index (χ1v) is 3.48. The predicted octanol–water partition coefficient (Wildman–Crippen LogP) is -0.162. The number of carbonyl (C=O) groups is 2. The van der Waals surface area contributed by atoms with Crippen LogP contribution in [0.5, 0.6) is 0 Å². The molecule has 1 unspecified atom stereocenters. The maximum absolute atomic E-state index is 10.6. The van der Waals surface area contributed by atoms with Gasteiger partial charge in [0.25, 0.3) is 5.24 Å². The van der Waals surface area contributed by atoms with E-state index in [0.29, 0.717) is 0 Å². The lowest BCUT2D eigenvalue weighted by Crippen LogP contribution is -2.24. The fourth-order valence-corrected chi connectivity index (χ4v) is 1.34. The van der Waals surface area contributed by atoms with Crippen molar-refractivity contribution in [3.05, 3.63) is 0 Å². The Kier molecular flexibility index (Phi) is 2.06. The zero-order valence-electron chi connectivity index (χ0n) is 4.92. The molecular weight excluding hydrogens is 154 g/mol. The number of thioether (sulfide) groups is 1. The molecule has 2 amide bonds. The van der Waals surface area contributed by atoms with Crippen LogP contribution in [-0.4, -0.2) is 22.7 Å². The van der Waals surface area contributed by atoms with E-state index >= 15 is 0 Å². The average Bonchev–Trinajstić information content (AvgIpc) is 2.13. The van der Waals surface area contributed by atoms with E-state index in [1.54, 1.807) is 6.29 Å². The highest BCUT2D eigenvalue weighted by molar-refractivity contribution is 8.15. The average molecular weight is 158 g/mol. The lowest BCUT2D eigenvalue weighted by molar-refractivity contribution is -0.118. The minimum atomic E-state index is -0.551. The zero-order chi connectivity index (χ0) is 7.56. The standard InChI is InChI=1S/C5H4NO3S/c7-2-1-3-4(8)6-5(9)10-3/h3H,1H2,(H,6,8,9). The van der Waals surface area contributed by atoms with Crippen molar-refractivity contribution in [2.75, 3.05) is 0 Å². The second-order valence-corrected chi connectivity index (χ2v) is 2.91. The number of nitrogens with one attached hydrogen (secondary N) is 1. The van der Waals surface area contributed by atoms with Crippen LogP contribution in [0.25, 0.3) is 0 Å². The molecule has 1 fully saturated rings. The molecule has 1 aliphatic heterocycles. The molecule has 4 nitrogen and oxygen atoms in total. The van der Waals surface area contributed by atoms with Crippen molar-refractivity contribution >= 4 is 29.2 Å². The van der Waals surface area contributed by atoms with Crippen molar-refractivity contribution in [3.63, 3.8) is 0 Å². The van der Waals surface area contributed by atoms with E-state index in [-0.39, 0.29) is 11.7 Å². The Morgan fingerprint density at radius 3 is 2.70 bits per heavy atom. The van der Waals surface area contributed by atoms with Crippen LogP contribution < -0.4 is 5.32 Å². The molecule has 1 saturated heterocycles. The van der Waals surface area contributed by atoms with Gasteiger partial charge in [-0.2, -0.15) is 0 Å². The molecule has 5 heteroatoms. The van der Waals surface area contributed by atoms with E-state index in [0.717, 1.165) is 11.8 Å². The molecular formula is C5H4NO3S. The summed E-state index contributed by atoms with van der Waals surface area (Å²) in [5.74, 6) is -0.390. The van der Waals surface area contributed by atoms with E-state index < -0.39 is 11.2 Å². The number of carbonyl (C=O) groups excluding carboxylic acids is 3. The van der Waals surface area contributed by atoms with Gasteiger partial charge in [0.2, 0.25) is 5.91 Å². The lowest BCUT2D eigenvalue weighted by atomic mass is 10.3. The summed E-state index contributed by atoms with van der Waals surface area (Å²) in [6.07, 6.45) is 1.57. The van der Waals surface area contributed by atoms with E-state index in [9.17, 15) is 14.4 Å². The van der Waals surface area contributed by atoms with Crippen molar-refractivity contribution in [1.29, 1.82) is 0 Å². The molecule has 0 saturated carbocycles. The summed E-state index contributed by atoms with van der Waals surface area (Å²) in [6, 6.07) is 0. The van der Waals surface area contributed by atoms with Crippen molar-refractivity contribution in [2.45, 2.75) is 11.7 Å². The van der Waals surface area contributed by atoms with E-state index in [1.165, 1.54) is 0 Å². The van der Waals surface area contributed by atoms with Gasteiger partial charge in [-0.15, -0.1) is 0 Å². The van der Waals surface area contributed by atoms with Gasteiger partial charge in [0.1, 0.15) is 5.25 Å². The molecule has 1 N–H and O–H groups in total. The zero-order valence-corrected chi connectivity index (χ0v) is 5.73. The van der Waals surface area contributed by atoms with Crippen LogP contribution in [0.2, 0.25) is 0 Å². The number of hydrogen-bond donors (Lipinski definition) is 1. The van der Waals surface area contributed by atoms with E-state index in [1.807, 2.05) is 0 Å². The molecule has 1 atom stereocenters. The molecule has 1 rings (SSSR count). The second-order valence-electron chi connectivity index (χ2n) is 1.73. The van der Waals surface area contributed by atoms with Gasteiger partial charge >= 0.3 is 0 Å². The first-order valence-electron chi connectivity index (χ1n) is 2.60. The number of hydrogen-bond acceptors (Lipinski definition) is 4. The highest BCUT2D eigenvalue weighted by Crippen LogP contribution is 2.20. The fourth-order valence-electron chi connectivity index (χ4n) is 0.603. The summed E-state index contributed by atoms with van der Waals surface area (Å²) < 4.78 is 0. The normalized spacial score (nSPS) is 24.6. The van der Waals surface area contributed by atoms with Crippen LogP contribution >= 0.6 is 11.8 Å². The molecule has 0 aromatic carbocycles. The molecule has 1 heterocycles. The monoisotopic (exact) mass is 158 g/mol. The maximum Gasteiger partial charge on any atom is 0.286 e. The van der Waals surface area contributed by atoms with Crippen LogP contribution in [-0.2, 0) is 9.59 Å². The molecule has 0 bridgehead atoms. The van der Waals surface area contributed by atoms with Gasteiger partial charge in [-0.1, -0.05) is 11.8 Å². The summed E-state index contributed by atoms with van der Waals surface area (Å²) in [4.78, 5) is 30.9. The summed E-state index contributed by atoms with van der Waals surface area (Å²) in [7, 11) is 0. The first-order chi connectivity index (χ1) is 4.74. The molecule has 0 aliphatic carbocycles. The summed E-state index contributed by atoms with van der Waals surface area (Å²) in [5.41, 5.74) is 0. The minimum Gasteiger partial charge on any atom is -0.291 e. The SMILES string of the molecule is O=[C]CC1SC(=O)NC1=O. The van der Waals surface area contributed by atoms with Gasteiger partial charge in [-0.05, 0) is 0 Å². The highest BCUT2D eigenvalue weighted by atomic mass is 32.2. The summed E-state index contributed by atoms with van der Waals surface area (Å²) in [5, 5.41) is 1.12. The number of rotatable bonds is 2. The van der Waals surface area contributed by atoms with Gasteiger partial charge in [-0.25, -0.2) is 0 Å². The molecule has 1 aliphatic rings. The van der Waals surface area contributed by atoms with Gasteiger partial charge in [0, 0.05) is 6.42 Å². The van der Waals surface area contributed by atoms with Crippen LogP contribution in [0, 0.1) is 0 Å². The van der Waals surface area contributed by atoms with Crippen LogP contribution in [0.1, 0.15) is 6.42 Å². The Bertz CT molecular complexity index is 191. The van der Waals surface area contributed by atoms with Crippen molar-refractivity contribution < 1.29 is 14.4 Å². The number of imide groups is 1. The Balaban J connectivity index is 2.54. The van der Waals surface area contributed by atoms with Gasteiger partial charge in [-0.3, -0.25) is 19.7 Å². The molecule has 1 radical (unpaired) electrons. The lowest BCUT2D eigenvalue weighted by Gasteiger charge is -1.93.